The molecule has 0 bridgehead atoms. The fourth-order valence-corrected chi connectivity index (χ4v) is 3.66. The maximum atomic E-state index is 12.0. The number of nitrogens with two attached hydrogens (primary N) is 1. The first-order chi connectivity index (χ1) is 10.2. The first-order valence-electron chi connectivity index (χ1n) is 8.31. The number of carbonyl (C=O) groups is 1. The van der Waals surface area contributed by atoms with Gasteiger partial charge in [0.1, 0.15) is 5.82 Å². The number of hydrogen-bond acceptors (Lipinski definition) is 3. The highest BCUT2D eigenvalue weighted by Crippen LogP contribution is 2.36. The van der Waals surface area contributed by atoms with Crippen LogP contribution in [0.1, 0.15) is 69.4 Å². The Hall–Kier alpha value is -1.52. The number of nitrogens with one attached hydrogen (secondary N) is 2. The quantitative estimate of drug-likeness (QED) is 0.779. The maximum absolute atomic E-state index is 12.0. The fraction of sp³-hybridized carbons (Fsp3) is 0.750. The third kappa shape index (κ3) is 3.77. The largest absolute Gasteiger partial charge is 0.382 e. The molecule has 0 unspecified atom stereocenters. The van der Waals surface area contributed by atoms with Crippen molar-refractivity contribution in [3.05, 3.63) is 11.8 Å². The SMILES string of the molecule is Nc1cc(C2CC(NC(=O)CCC3CCCCC3)C2)[nH]n1. The molecule has 3 rings (SSSR count). The van der Waals surface area contributed by atoms with E-state index >= 15 is 0 Å². The smallest absolute Gasteiger partial charge is 0.220 e. The second kappa shape index (κ2) is 6.50. The molecule has 0 radical (unpaired) electrons. The average molecular weight is 290 g/mol. The lowest BCUT2D eigenvalue weighted by Crippen LogP contribution is -2.43. The van der Waals surface area contributed by atoms with Crippen LogP contribution in [-0.2, 0) is 4.79 Å². The zero-order valence-corrected chi connectivity index (χ0v) is 12.6. The van der Waals surface area contributed by atoms with Crippen molar-refractivity contribution < 1.29 is 4.79 Å². The van der Waals surface area contributed by atoms with E-state index in [0.717, 1.165) is 30.9 Å². The zero-order valence-electron chi connectivity index (χ0n) is 12.6. The predicted octanol–water partition coefficient (Wildman–Crippen LogP) is 2.71. The molecule has 1 amide bonds. The maximum Gasteiger partial charge on any atom is 0.220 e. The van der Waals surface area contributed by atoms with Crippen molar-refractivity contribution in [2.75, 3.05) is 5.73 Å². The Kier molecular flexibility index (Phi) is 4.46. The van der Waals surface area contributed by atoms with Crippen LogP contribution in [0, 0.1) is 5.92 Å². The monoisotopic (exact) mass is 290 g/mol. The van der Waals surface area contributed by atoms with Crippen LogP contribution in [0.5, 0.6) is 0 Å². The van der Waals surface area contributed by atoms with E-state index in [-0.39, 0.29) is 5.91 Å². The van der Waals surface area contributed by atoms with E-state index in [1.165, 1.54) is 32.1 Å². The molecule has 0 aliphatic heterocycles. The minimum Gasteiger partial charge on any atom is -0.382 e. The molecular weight excluding hydrogens is 264 g/mol. The zero-order chi connectivity index (χ0) is 14.7. The minimum absolute atomic E-state index is 0.230. The predicted molar refractivity (Wildman–Crippen MR) is 82.7 cm³/mol. The molecule has 0 saturated heterocycles. The summed E-state index contributed by atoms with van der Waals surface area (Å²) >= 11 is 0. The van der Waals surface area contributed by atoms with Gasteiger partial charge < -0.3 is 11.1 Å². The Labute approximate surface area is 126 Å². The summed E-state index contributed by atoms with van der Waals surface area (Å²) in [7, 11) is 0. The van der Waals surface area contributed by atoms with Gasteiger partial charge in [-0.3, -0.25) is 9.89 Å². The molecule has 1 heterocycles. The number of hydrogen-bond donors (Lipinski definition) is 3. The van der Waals surface area contributed by atoms with Gasteiger partial charge in [0.05, 0.1) is 0 Å². The van der Waals surface area contributed by atoms with Crippen LogP contribution < -0.4 is 11.1 Å². The van der Waals surface area contributed by atoms with Crippen LogP contribution in [0.4, 0.5) is 5.82 Å². The van der Waals surface area contributed by atoms with Gasteiger partial charge in [-0.05, 0) is 25.2 Å². The van der Waals surface area contributed by atoms with Crippen molar-refractivity contribution in [3.8, 4) is 0 Å². The molecule has 21 heavy (non-hydrogen) atoms. The Bertz CT molecular complexity index is 472. The first-order valence-corrected chi connectivity index (χ1v) is 8.31. The molecule has 4 N–H and O–H groups in total. The molecule has 2 aliphatic carbocycles. The van der Waals surface area contributed by atoms with Crippen LogP contribution in [0.15, 0.2) is 6.07 Å². The second-order valence-electron chi connectivity index (χ2n) is 6.72. The van der Waals surface area contributed by atoms with E-state index in [2.05, 4.69) is 15.5 Å². The number of amides is 1. The molecule has 0 spiro atoms. The Morgan fingerprint density at radius 3 is 2.76 bits per heavy atom. The number of nitrogen functional groups attached to an aromatic ring is 1. The van der Waals surface area contributed by atoms with Crippen LogP contribution in [-0.4, -0.2) is 22.1 Å². The van der Waals surface area contributed by atoms with Gasteiger partial charge in [0.25, 0.3) is 0 Å². The van der Waals surface area contributed by atoms with Gasteiger partial charge in [0, 0.05) is 30.1 Å². The summed E-state index contributed by atoms with van der Waals surface area (Å²) in [4.78, 5) is 12.0. The van der Waals surface area contributed by atoms with Crippen LogP contribution in [0.25, 0.3) is 0 Å². The van der Waals surface area contributed by atoms with Gasteiger partial charge in [0.2, 0.25) is 5.91 Å². The highest BCUT2D eigenvalue weighted by molar-refractivity contribution is 5.76. The number of carbonyl (C=O) groups excluding carboxylic acids is 1. The minimum atomic E-state index is 0.230. The van der Waals surface area contributed by atoms with Crippen LogP contribution >= 0.6 is 0 Å². The van der Waals surface area contributed by atoms with Gasteiger partial charge in [-0.1, -0.05) is 32.1 Å². The highest BCUT2D eigenvalue weighted by atomic mass is 16.1. The molecule has 0 atom stereocenters. The molecule has 1 aromatic rings. The van der Waals surface area contributed by atoms with E-state index in [0.29, 0.717) is 24.2 Å². The number of aromatic amines is 1. The van der Waals surface area contributed by atoms with Crippen molar-refractivity contribution in [1.29, 1.82) is 0 Å². The van der Waals surface area contributed by atoms with Crippen molar-refractivity contribution >= 4 is 11.7 Å². The van der Waals surface area contributed by atoms with Gasteiger partial charge in [-0.15, -0.1) is 0 Å². The summed E-state index contributed by atoms with van der Waals surface area (Å²) in [6, 6.07) is 2.23. The van der Waals surface area contributed by atoms with Gasteiger partial charge in [-0.2, -0.15) is 5.10 Å². The average Bonchev–Trinajstić information content (AvgIpc) is 2.87. The van der Waals surface area contributed by atoms with Gasteiger partial charge in [-0.25, -0.2) is 0 Å². The Morgan fingerprint density at radius 1 is 1.33 bits per heavy atom. The summed E-state index contributed by atoms with van der Waals surface area (Å²) in [5, 5.41) is 10.1. The van der Waals surface area contributed by atoms with Crippen molar-refractivity contribution in [2.24, 2.45) is 5.92 Å². The Balaban J connectivity index is 1.33. The van der Waals surface area contributed by atoms with E-state index in [1.807, 2.05) is 6.07 Å². The van der Waals surface area contributed by atoms with E-state index in [4.69, 9.17) is 5.73 Å². The first kappa shape index (κ1) is 14.4. The molecule has 0 aromatic carbocycles. The van der Waals surface area contributed by atoms with Crippen molar-refractivity contribution in [2.45, 2.75) is 69.7 Å². The van der Waals surface area contributed by atoms with E-state index in [1.54, 1.807) is 0 Å². The lowest BCUT2D eigenvalue weighted by molar-refractivity contribution is -0.122. The number of rotatable bonds is 5. The molecule has 2 fully saturated rings. The Morgan fingerprint density at radius 2 is 2.10 bits per heavy atom. The number of anilines is 1. The van der Waals surface area contributed by atoms with Crippen molar-refractivity contribution in [1.82, 2.24) is 15.5 Å². The third-order valence-electron chi connectivity index (χ3n) is 5.06. The van der Waals surface area contributed by atoms with Gasteiger partial charge in [0.15, 0.2) is 0 Å². The van der Waals surface area contributed by atoms with Crippen LogP contribution in [0.2, 0.25) is 0 Å². The van der Waals surface area contributed by atoms with E-state index < -0.39 is 0 Å². The summed E-state index contributed by atoms with van der Waals surface area (Å²) in [5.74, 6) is 2.03. The summed E-state index contributed by atoms with van der Waals surface area (Å²) < 4.78 is 0. The molecule has 5 nitrogen and oxygen atoms in total. The molecule has 2 aliphatic rings. The molecule has 1 aromatic heterocycles. The summed E-state index contributed by atoms with van der Waals surface area (Å²) in [6.45, 7) is 0. The van der Waals surface area contributed by atoms with Gasteiger partial charge >= 0.3 is 0 Å². The molecule has 2 saturated carbocycles. The third-order valence-corrected chi connectivity index (χ3v) is 5.06. The summed E-state index contributed by atoms with van der Waals surface area (Å²) in [5.41, 5.74) is 6.71. The lowest BCUT2D eigenvalue weighted by Gasteiger charge is -2.35. The highest BCUT2D eigenvalue weighted by Gasteiger charge is 2.32. The molecule has 116 valence electrons. The molecular formula is C16H26N4O. The normalized spacial score (nSPS) is 26.3. The van der Waals surface area contributed by atoms with E-state index in [9.17, 15) is 4.79 Å². The summed E-state index contributed by atoms with van der Waals surface area (Å²) in [6.07, 6.45) is 10.5. The topological polar surface area (TPSA) is 83.8 Å². The number of H-pyrrole nitrogens is 1. The molecule has 5 heteroatoms. The fourth-order valence-electron chi connectivity index (χ4n) is 3.66. The van der Waals surface area contributed by atoms with Crippen molar-refractivity contribution in [3.63, 3.8) is 0 Å². The standard InChI is InChI=1S/C16H26N4O/c17-15-10-14(19-20-15)12-8-13(9-12)18-16(21)7-6-11-4-2-1-3-5-11/h10-13H,1-9H2,(H,18,21)(H3,17,19,20). The number of aromatic nitrogens is 2. The second-order valence-corrected chi connectivity index (χ2v) is 6.72. The lowest BCUT2D eigenvalue weighted by atomic mass is 9.78. The number of nitrogens with zero attached hydrogens (tertiary/aromatic N) is 1. The van der Waals surface area contributed by atoms with Crippen LogP contribution in [0.3, 0.4) is 0 Å².